The Labute approximate surface area is 136 Å². The average Bonchev–Trinajstić information content (AvgIpc) is 2.41. The molecule has 0 aliphatic carbocycles. The van der Waals surface area contributed by atoms with E-state index < -0.39 is 0 Å². The van der Waals surface area contributed by atoms with Crippen LogP contribution in [0.3, 0.4) is 0 Å². The molecule has 2 aromatic rings. The predicted octanol–water partition coefficient (Wildman–Crippen LogP) is 5.22. The monoisotopic (exact) mass is 369 g/mol. The topological polar surface area (TPSA) is 29.1 Å². The average molecular weight is 371 g/mol. The first-order valence-corrected chi connectivity index (χ1v) is 8.23. The molecule has 0 heterocycles. The van der Waals surface area contributed by atoms with E-state index in [1.807, 2.05) is 48.5 Å². The van der Waals surface area contributed by atoms with Gasteiger partial charge in [0.05, 0.1) is 0 Å². The minimum atomic E-state index is 0.0181. The molecule has 2 aromatic carbocycles. The van der Waals surface area contributed by atoms with E-state index in [0.29, 0.717) is 6.42 Å². The molecule has 0 atom stereocenters. The molecule has 2 nitrogen and oxygen atoms in total. The number of thioether (sulfide) groups is 1. The lowest BCUT2D eigenvalue weighted by molar-refractivity contribution is -0.115. The first kappa shape index (κ1) is 15.4. The molecule has 0 saturated heterocycles. The Morgan fingerprint density at radius 2 is 1.95 bits per heavy atom. The normalized spacial score (nSPS) is 10.3. The lowest BCUT2D eigenvalue weighted by atomic mass is 10.3. The van der Waals surface area contributed by atoms with E-state index in [2.05, 4.69) is 21.2 Å². The summed E-state index contributed by atoms with van der Waals surface area (Å²) in [7, 11) is 0. The van der Waals surface area contributed by atoms with Crippen molar-refractivity contribution < 1.29 is 4.79 Å². The third-order valence-corrected chi connectivity index (χ3v) is 4.28. The minimum absolute atomic E-state index is 0.0181. The van der Waals surface area contributed by atoms with Crippen molar-refractivity contribution in [2.24, 2.45) is 0 Å². The summed E-state index contributed by atoms with van der Waals surface area (Å²) >= 11 is 10.8. The van der Waals surface area contributed by atoms with Crippen LogP contribution in [0, 0.1) is 0 Å². The van der Waals surface area contributed by atoms with Gasteiger partial charge in [-0.3, -0.25) is 4.79 Å². The second kappa shape index (κ2) is 7.72. The Kier molecular flexibility index (Phi) is 5.95. The van der Waals surface area contributed by atoms with Crippen molar-refractivity contribution in [1.82, 2.24) is 0 Å². The molecule has 0 radical (unpaired) electrons. The Morgan fingerprint density at radius 1 is 1.20 bits per heavy atom. The molecule has 0 saturated carbocycles. The standard InChI is InChI=1S/C15H13BrClNOS/c16-11-2-1-3-13(10-11)18-15(19)8-9-20-14-6-4-12(17)5-7-14/h1-7,10H,8-9H2,(H,18,19). The van der Waals surface area contributed by atoms with Crippen LogP contribution in [0.2, 0.25) is 5.02 Å². The van der Waals surface area contributed by atoms with Crippen molar-refractivity contribution in [2.75, 3.05) is 11.1 Å². The summed E-state index contributed by atoms with van der Waals surface area (Å²) in [6, 6.07) is 15.2. The maximum Gasteiger partial charge on any atom is 0.225 e. The van der Waals surface area contributed by atoms with E-state index in [9.17, 15) is 4.79 Å². The largest absolute Gasteiger partial charge is 0.326 e. The first-order chi connectivity index (χ1) is 9.63. The van der Waals surface area contributed by atoms with Crippen LogP contribution in [-0.4, -0.2) is 11.7 Å². The first-order valence-electron chi connectivity index (χ1n) is 6.07. The summed E-state index contributed by atoms with van der Waals surface area (Å²) in [4.78, 5) is 12.9. The predicted molar refractivity (Wildman–Crippen MR) is 89.6 cm³/mol. The van der Waals surface area contributed by atoms with Crippen LogP contribution in [0.1, 0.15) is 6.42 Å². The van der Waals surface area contributed by atoms with E-state index in [1.165, 1.54) is 0 Å². The summed E-state index contributed by atoms with van der Waals surface area (Å²) in [6.45, 7) is 0. The van der Waals surface area contributed by atoms with Gasteiger partial charge in [-0.15, -0.1) is 11.8 Å². The minimum Gasteiger partial charge on any atom is -0.326 e. The lowest BCUT2D eigenvalue weighted by Crippen LogP contribution is -2.12. The van der Waals surface area contributed by atoms with Crippen molar-refractivity contribution in [3.8, 4) is 0 Å². The number of benzene rings is 2. The van der Waals surface area contributed by atoms with Gasteiger partial charge in [-0.25, -0.2) is 0 Å². The maximum atomic E-state index is 11.8. The molecule has 0 bridgehead atoms. The molecule has 0 spiro atoms. The summed E-state index contributed by atoms with van der Waals surface area (Å²) in [6.07, 6.45) is 0.472. The molecule has 5 heteroatoms. The zero-order valence-electron chi connectivity index (χ0n) is 10.6. The Balaban J connectivity index is 1.76. The van der Waals surface area contributed by atoms with Gasteiger partial charge < -0.3 is 5.32 Å². The van der Waals surface area contributed by atoms with Crippen LogP contribution >= 0.6 is 39.3 Å². The van der Waals surface area contributed by atoms with Gasteiger partial charge in [0.15, 0.2) is 0 Å². The fourth-order valence-corrected chi connectivity index (χ4v) is 2.96. The van der Waals surface area contributed by atoms with Gasteiger partial charge in [0.1, 0.15) is 0 Å². The molecule has 1 N–H and O–H groups in total. The quantitative estimate of drug-likeness (QED) is 0.731. The van der Waals surface area contributed by atoms with Crippen molar-refractivity contribution in [1.29, 1.82) is 0 Å². The maximum absolute atomic E-state index is 11.8. The molecule has 0 aliphatic heterocycles. The number of carbonyl (C=O) groups excluding carboxylic acids is 1. The molecule has 0 fully saturated rings. The number of amides is 1. The summed E-state index contributed by atoms with van der Waals surface area (Å²) in [5.41, 5.74) is 0.806. The van der Waals surface area contributed by atoms with Crippen molar-refractivity contribution in [3.63, 3.8) is 0 Å². The zero-order chi connectivity index (χ0) is 14.4. The van der Waals surface area contributed by atoms with Crippen LogP contribution in [-0.2, 0) is 4.79 Å². The highest BCUT2D eigenvalue weighted by Crippen LogP contribution is 2.21. The van der Waals surface area contributed by atoms with E-state index in [-0.39, 0.29) is 5.91 Å². The molecule has 0 aromatic heterocycles. The van der Waals surface area contributed by atoms with Gasteiger partial charge in [0, 0.05) is 32.3 Å². The lowest BCUT2D eigenvalue weighted by Gasteiger charge is -2.05. The third-order valence-electron chi connectivity index (χ3n) is 2.52. The second-order valence-corrected chi connectivity index (χ2v) is 6.63. The Morgan fingerprint density at radius 3 is 2.65 bits per heavy atom. The smallest absolute Gasteiger partial charge is 0.225 e. The van der Waals surface area contributed by atoms with Crippen LogP contribution in [0.25, 0.3) is 0 Å². The fraction of sp³-hybridized carbons (Fsp3) is 0.133. The van der Waals surface area contributed by atoms with E-state index in [1.54, 1.807) is 11.8 Å². The molecular formula is C15H13BrClNOS. The highest BCUT2D eigenvalue weighted by atomic mass is 79.9. The third kappa shape index (κ3) is 5.19. The van der Waals surface area contributed by atoms with Gasteiger partial charge in [-0.05, 0) is 42.5 Å². The van der Waals surface area contributed by atoms with E-state index in [4.69, 9.17) is 11.6 Å². The number of halogens is 2. The van der Waals surface area contributed by atoms with Gasteiger partial charge in [0.2, 0.25) is 5.91 Å². The number of nitrogens with one attached hydrogen (secondary N) is 1. The highest BCUT2D eigenvalue weighted by Gasteiger charge is 2.03. The van der Waals surface area contributed by atoms with Crippen LogP contribution in [0.4, 0.5) is 5.69 Å². The highest BCUT2D eigenvalue weighted by molar-refractivity contribution is 9.10. The van der Waals surface area contributed by atoms with Gasteiger partial charge in [0.25, 0.3) is 0 Å². The zero-order valence-corrected chi connectivity index (χ0v) is 13.8. The van der Waals surface area contributed by atoms with Crippen LogP contribution in [0.15, 0.2) is 57.9 Å². The van der Waals surface area contributed by atoms with Gasteiger partial charge in [-0.2, -0.15) is 0 Å². The molecule has 0 unspecified atom stereocenters. The Bertz CT molecular complexity index is 589. The van der Waals surface area contributed by atoms with E-state index >= 15 is 0 Å². The van der Waals surface area contributed by atoms with Crippen molar-refractivity contribution in [2.45, 2.75) is 11.3 Å². The SMILES string of the molecule is O=C(CCSc1ccc(Cl)cc1)Nc1cccc(Br)c1. The van der Waals surface area contributed by atoms with Crippen molar-refractivity contribution >= 4 is 50.9 Å². The number of carbonyl (C=O) groups is 1. The molecule has 20 heavy (non-hydrogen) atoms. The summed E-state index contributed by atoms with van der Waals surface area (Å²) in [5, 5.41) is 3.60. The van der Waals surface area contributed by atoms with Gasteiger partial charge in [-0.1, -0.05) is 33.6 Å². The van der Waals surface area contributed by atoms with E-state index in [0.717, 1.165) is 25.8 Å². The number of anilines is 1. The van der Waals surface area contributed by atoms with Crippen LogP contribution in [0.5, 0.6) is 0 Å². The number of rotatable bonds is 5. The molecule has 2 rings (SSSR count). The number of hydrogen-bond donors (Lipinski definition) is 1. The second-order valence-electron chi connectivity index (χ2n) is 4.11. The Hall–Kier alpha value is -0.970. The molecule has 0 aliphatic rings. The fourth-order valence-electron chi connectivity index (χ4n) is 1.58. The van der Waals surface area contributed by atoms with Crippen LogP contribution < -0.4 is 5.32 Å². The summed E-state index contributed by atoms with van der Waals surface area (Å²) in [5.74, 6) is 0.756. The summed E-state index contributed by atoms with van der Waals surface area (Å²) < 4.78 is 0.950. The molecule has 104 valence electrons. The van der Waals surface area contributed by atoms with Crippen molar-refractivity contribution in [3.05, 3.63) is 58.0 Å². The molecule has 1 amide bonds. The molecular weight excluding hydrogens is 358 g/mol. The number of hydrogen-bond acceptors (Lipinski definition) is 2. The van der Waals surface area contributed by atoms with Gasteiger partial charge >= 0.3 is 0 Å².